The highest BCUT2D eigenvalue weighted by Gasteiger charge is 2.63. The third-order valence-corrected chi connectivity index (χ3v) is 7.14. The Morgan fingerprint density at radius 3 is 2.07 bits per heavy atom. The predicted molar refractivity (Wildman–Crippen MR) is 119 cm³/mol. The number of rotatable bonds is 5. The minimum absolute atomic E-state index is 0. The van der Waals surface area contributed by atoms with Crippen molar-refractivity contribution < 1.29 is 14.3 Å². The molecule has 1 saturated carbocycles. The number of nitrogens with two attached hydrogens (primary N) is 1. The van der Waals surface area contributed by atoms with Gasteiger partial charge in [-0.25, -0.2) is 0 Å². The molecule has 3 aliphatic rings. The fraction of sp³-hybridized carbons (Fsp3) is 0.900. The number of hydrogen-bond donors (Lipinski definition) is 1. The maximum atomic E-state index is 13.1. The molecule has 170 valence electrons. The van der Waals surface area contributed by atoms with E-state index >= 15 is 0 Å². The van der Waals surface area contributed by atoms with Crippen LogP contribution < -0.4 is 5.73 Å². The van der Waals surface area contributed by atoms with E-state index in [9.17, 15) is 9.59 Å². The van der Waals surface area contributed by atoms with Crippen LogP contribution in [0.4, 0.5) is 0 Å². The molecule has 7 nitrogen and oxygen atoms in total. The Balaban J connectivity index is 0.00000210. The molecule has 0 radical (unpaired) electrons. The molecule has 1 aliphatic carbocycles. The summed E-state index contributed by atoms with van der Waals surface area (Å²) in [5.74, 6) is 0.254. The first-order valence-electron chi connectivity index (χ1n) is 10.4. The van der Waals surface area contributed by atoms with Crippen molar-refractivity contribution in [3.63, 3.8) is 0 Å². The summed E-state index contributed by atoms with van der Waals surface area (Å²) in [6.07, 6.45) is 2.84. The number of halogens is 2. The van der Waals surface area contributed by atoms with Gasteiger partial charge in [-0.1, -0.05) is 13.8 Å². The highest BCUT2D eigenvalue weighted by molar-refractivity contribution is 5.89. The van der Waals surface area contributed by atoms with E-state index < -0.39 is 5.54 Å². The molecule has 0 bridgehead atoms. The number of amides is 2. The van der Waals surface area contributed by atoms with E-state index in [2.05, 4.69) is 4.90 Å². The first-order valence-corrected chi connectivity index (χ1v) is 10.4. The maximum absolute atomic E-state index is 13.1. The van der Waals surface area contributed by atoms with Crippen molar-refractivity contribution in [2.45, 2.75) is 64.6 Å². The Hall–Kier alpha value is -0.600. The summed E-state index contributed by atoms with van der Waals surface area (Å²) < 4.78 is 5.75. The Bertz CT molecular complexity index is 578. The quantitative estimate of drug-likeness (QED) is 0.683. The fourth-order valence-electron chi connectivity index (χ4n) is 4.75. The molecule has 9 heteroatoms. The van der Waals surface area contributed by atoms with Gasteiger partial charge in [-0.3, -0.25) is 14.5 Å². The van der Waals surface area contributed by atoms with Gasteiger partial charge in [-0.2, -0.15) is 0 Å². The van der Waals surface area contributed by atoms with Crippen LogP contribution in [-0.2, 0) is 14.3 Å². The second-order valence-electron chi connectivity index (χ2n) is 8.88. The van der Waals surface area contributed by atoms with E-state index in [-0.39, 0.29) is 54.2 Å². The van der Waals surface area contributed by atoms with Crippen LogP contribution in [0.5, 0.6) is 0 Å². The van der Waals surface area contributed by atoms with E-state index in [4.69, 9.17) is 10.5 Å². The Labute approximate surface area is 187 Å². The van der Waals surface area contributed by atoms with Gasteiger partial charge in [0.25, 0.3) is 0 Å². The lowest BCUT2D eigenvalue weighted by Gasteiger charge is -2.59. The largest absolute Gasteiger partial charge is 0.378 e. The minimum atomic E-state index is -0.855. The van der Waals surface area contributed by atoms with Crippen molar-refractivity contribution in [1.82, 2.24) is 14.7 Å². The van der Waals surface area contributed by atoms with Gasteiger partial charge in [-0.15, -0.1) is 24.8 Å². The van der Waals surface area contributed by atoms with Gasteiger partial charge in [0, 0.05) is 57.7 Å². The first kappa shape index (κ1) is 26.4. The molecule has 2 saturated heterocycles. The second kappa shape index (κ2) is 10.1. The molecule has 3 rings (SSSR count). The van der Waals surface area contributed by atoms with E-state index in [1.165, 1.54) is 0 Å². The molecule has 2 amide bonds. The van der Waals surface area contributed by atoms with Crippen LogP contribution in [0.15, 0.2) is 0 Å². The lowest BCUT2D eigenvalue weighted by molar-refractivity contribution is -0.180. The van der Waals surface area contributed by atoms with Crippen LogP contribution in [0.1, 0.15) is 47.0 Å². The van der Waals surface area contributed by atoms with E-state index in [1.54, 1.807) is 0 Å². The average molecular weight is 453 g/mol. The third-order valence-electron chi connectivity index (χ3n) is 7.14. The van der Waals surface area contributed by atoms with Gasteiger partial charge >= 0.3 is 0 Å². The molecule has 3 atom stereocenters. The van der Waals surface area contributed by atoms with Crippen LogP contribution in [0.25, 0.3) is 0 Å². The zero-order valence-electron chi connectivity index (χ0n) is 18.2. The minimum Gasteiger partial charge on any atom is -0.378 e. The zero-order chi connectivity index (χ0) is 19.8. The molecule has 3 fully saturated rings. The molecule has 0 aromatic carbocycles. The Morgan fingerprint density at radius 1 is 1.03 bits per heavy atom. The van der Waals surface area contributed by atoms with Crippen LogP contribution in [0.2, 0.25) is 0 Å². The van der Waals surface area contributed by atoms with Gasteiger partial charge < -0.3 is 20.3 Å². The zero-order valence-corrected chi connectivity index (χ0v) is 19.8. The van der Waals surface area contributed by atoms with Crippen molar-refractivity contribution >= 4 is 36.6 Å². The maximum Gasteiger partial charge on any atom is 0.243 e. The molecule has 0 aromatic heterocycles. The highest BCUT2D eigenvalue weighted by Crippen LogP contribution is 2.50. The molecular formula is C20H38Cl2N4O3. The molecule has 2 aliphatic heterocycles. The number of likely N-dealkylation sites (tertiary alicyclic amines) is 1. The number of nitrogens with zero attached hydrogens (tertiary/aromatic N) is 3. The van der Waals surface area contributed by atoms with Crippen molar-refractivity contribution in [3.05, 3.63) is 0 Å². The van der Waals surface area contributed by atoms with Crippen molar-refractivity contribution in [1.29, 1.82) is 0 Å². The van der Waals surface area contributed by atoms with Gasteiger partial charge in [0.15, 0.2) is 0 Å². The highest BCUT2D eigenvalue weighted by atomic mass is 35.5. The van der Waals surface area contributed by atoms with Crippen molar-refractivity contribution in [2.24, 2.45) is 11.1 Å². The van der Waals surface area contributed by atoms with Crippen molar-refractivity contribution in [3.8, 4) is 0 Å². The summed E-state index contributed by atoms with van der Waals surface area (Å²) in [6.45, 7) is 13.1. The normalized spacial score (nSPS) is 30.0. The van der Waals surface area contributed by atoms with Crippen LogP contribution >= 0.6 is 24.8 Å². The molecular weight excluding hydrogens is 415 g/mol. The van der Waals surface area contributed by atoms with Crippen molar-refractivity contribution in [2.75, 3.05) is 45.9 Å². The molecule has 29 heavy (non-hydrogen) atoms. The van der Waals surface area contributed by atoms with E-state index in [0.29, 0.717) is 26.1 Å². The SMILES string of the molecule is CCOC1CC(N)(C(=O)N2CCN(C(C)C(=O)N3CCCC3)CC2)C1(C)C.Cl.Cl. The summed E-state index contributed by atoms with van der Waals surface area (Å²) in [6, 6.07) is -0.116. The summed E-state index contributed by atoms with van der Waals surface area (Å²) in [4.78, 5) is 31.8. The smallest absolute Gasteiger partial charge is 0.243 e. The number of carbonyl (C=O) groups is 2. The molecule has 0 spiro atoms. The molecule has 3 unspecified atom stereocenters. The summed E-state index contributed by atoms with van der Waals surface area (Å²) in [5, 5.41) is 0. The van der Waals surface area contributed by atoms with Crippen LogP contribution in [0, 0.1) is 5.41 Å². The first-order chi connectivity index (χ1) is 12.7. The van der Waals surface area contributed by atoms with E-state index in [0.717, 1.165) is 39.0 Å². The Morgan fingerprint density at radius 2 is 1.59 bits per heavy atom. The van der Waals surface area contributed by atoms with Gasteiger partial charge in [0.05, 0.1) is 12.1 Å². The molecule has 2 N–H and O–H groups in total. The number of hydrogen-bond acceptors (Lipinski definition) is 5. The second-order valence-corrected chi connectivity index (χ2v) is 8.88. The topological polar surface area (TPSA) is 79.1 Å². The van der Waals surface area contributed by atoms with Crippen LogP contribution in [-0.4, -0.2) is 90.1 Å². The Kier molecular flexibility index (Phi) is 9.24. The van der Waals surface area contributed by atoms with E-state index in [1.807, 2.05) is 37.5 Å². The van der Waals surface area contributed by atoms with Crippen LogP contribution in [0.3, 0.4) is 0 Å². The summed E-state index contributed by atoms with van der Waals surface area (Å²) in [5.41, 5.74) is 5.34. The lowest BCUT2D eigenvalue weighted by atomic mass is 9.54. The lowest BCUT2D eigenvalue weighted by Crippen LogP contribution is -2.76. The number of piperazine rings is 1. The fourth-order valence-corrected chi connectivity index (χ4v) is 4.75. The predicted octanol–water partition coefficient (Wildman–Crippen LogP) is 1.52. The summed E-state index contributed by atoms with van der Waals surface area (Å²) >= 11 is 0. The number of ether oxygens (including phenoxy) is 1. The summed E-state index contributed by atoms with van der Waals surface area (Å²) in [7, 11) is 0. The molecule has 0 aromatic rings. The third kappa shape index (κ3) is 4.69. The number of carbonyl (C=O) groups excluding carboxylic acids is 2. The average Bonchev–Trinajstić information content (AvgIpc) is 3.20. The standard InChI is InChI=1S/C20H36N4O3.2ClH/c1-5-27-16-14-20(21,19(16,3)4)18(26)24-12-10-22(11-13-24)15(2)17(25)23-8-6-7-9-23;;/h15-16H,5-14,21H2,1-4H3;2*1H. The monoisotopic (exact) mass is 452 g/mol. The van der Waals surface area contributed by atoms with Gasteiger partial charge in [0.2, 0.25) is 11.8 Å². The molecule has 2 heterocycles. The van der Waals surface area contributed by atoms with Gasteiger partial charge in [0.1, 0.15) is 5.54 Å². The van der Waals surface area contributed by atoms with Gasteiger partial charge in [-0.05, 0) is 26.7 Å².